The summed E-state index contributed by atoms with van der Waals surface area (Å²) in [6.45, 7) is 4.58. The van der Waals surface area contributed by atoms with Gasteiger partial charge in [-0.15, -0.1) is 0 Å². The van der Waals surface area contributed by atoms with Crippen molar-refractivity contribution in [3.8, 4) is 0 Å². The third-order valence-corrected chi connectivity index (χ3v) is 3.53. The van der Waals surface area contributed by atoms with Gasteiger partial charge in [0.2, 0.25) is 0 Å². The van der Waals surface area contributed by atoms with E-state index >= 15 is 0 Å². The number of carbonyl (C=O) groups is 1. The normalized spacial score (nSPS) is 24.1. The van der Waals surface area contributed by atoms with Crippen molar-refractivity contribution in [3.05, 3.63) is 35.9 Å². The van der Waals surface area contributed by atoms with Gasteiger partial charge < -0.3 is 10.5 Å². The quantitative estimate of drug-likeness (QED) is 0.836. The summed E-state index contributed by atoms with van der Waals surface area (Å²) < 4.78 is 5.09. The molecule has 1 aromatic carbocycles. The molecule has 19 heavy (non-hydrogen) atoms. The highest BCUT2D eigenvalue weighted by Gasteiger charge is 2.39. The Morgan fingerprint density at radius 2 is 2.16 bits per heavy atom. The van der Waals surface area contributed by atoms with E-state index in [2.05, 4.69) is 17.0 Å². The number of likely N-dealkylation sites (tertiary alicyclic amines) is 1. The second kappa shape index (κ2) is 6.17. The molecule has 1 saturated heterocycles. The van der Waals surface area contributed by atoms with Gasteiger partial charge in [0, 0.05) is 13.1 Å². The Hall–Kier alpha value is -1.39. The average molecular weight is 262 g/mol. The molecule has 1 unspecified atom stereocenters. The summed E-state index contributed by atoms with van der Waals surface area (Å²) >= 11 is 0. The monoisotopic (exact) mass is 262 g/mol. The number of benzene rings is 1. The number of carbonyl (C=O) groups excluding carboxylic acids is 1. The minimum atomic E-state index is -0.844. The first-order valence-corrected chi connectivity index (χ1v) is 6.86. The van der Waals surface area contributed by atoms with Crippen LogP contribution < -0.4 is 5.73 Å². The van der Waals surface area contributed by atoms with Crippen LogP contribution in [0.1, 0.15) is 25.3 Å². The van der Waals surface area contributed by atoms with Crippen LogP contribution in [0.25, 0.3) is 0 Å². The summed E-state index contributed by atoms with van der Waals surface area (Å²) in [6, 6.07) is 10.3. The molecule has 1 aliphatic heterocycles. The highest BCUT2D eigenvalue weighted by molar-refractivity contribution is 5.81. The molecule has 0 aromatic heterocycles. The first-order valence-electron chi connectivity index (χ1n) is 6.86. The van der Waals surface area contributed by atoms with Crippen molar-refractivity contribution >= 4 is 5.97 Å². The molecule has 0 radical (unpaired) electrons. The van der Waals surface area contributed by atoms with Crippen LogP contribution in [-0.4, -0.2) is 36.1 Å². The van der Waals surface area contributed by atoms with Gasteiger partial charge in [0.15, 0.2) is 0 Å². The van der Waals surface area contributed by atoms with Crippen molar-refractivity contribution < 1.29 is 9.53 Å². The summed E-state index contributed by atoms with van der Waals surface area (Å²) in [4.78, 5) is 14.2. The van der Waals surface area contributed by atoms with Crippen LogP contribution >= 0.6 is 0 Å². The maximum atomic E-state index is 11.9. The first-order chi connectivity index (χ1) is 9.14. The van der Waals surface area contributed by atoms with Gasteiger partial charge in [0.05, 0.1) is 6.61 Å². The van der Waals surface area contributed by atoms with E-state index in [1.807, 2.05) is 25.1 Å². The molecule has 1 aliphatic rings. The number of nitrogens with zero attached hydrogens (tertiary/aromatic N) is 1. The molecule has 0 saturated carbocycles. The van der Waals surface area contributed by atoms with Crippen LogP contribution in [0.15, 0.2) is 30.3 Å². The topological polar surface area (TPSA) is 55.6 Å². The van der Waals surface area contributed by atoms with Crippen LogP contribution in [0, 0.1) is 0 Å². The van der Waals surface area contributed by atoms with Crippen molar-refractivity contribution in [3.63, 3.8) is 0 Å². The maximum Gasteiger partial charge on any atom is 0.327 e. The summed E-state index contributed by atoms with van der Waals surface area (Å²) in [6.07, 6.45) is 1.64. The summed E-state index contributed by atoms with van der Waals surface area (Å²) in [5.74, 6) is -0.271. The molecule has 2 N–H and O–H groups in total. The lowest BCUT2D eigenvalue weighted by molar-refractivity contribution is -0.152. The van der Waals surface area contributed by atoms with Crippen LogP contribution in [0.5, 0.6) is 0 Å². The first kappa shape index (κ1) is 14.0. The van der Waals surface area contributed by atoms with Crippen molar-refractivity contribution in [2.24, 2.45) is 5.73 Å². The van der Waals surface area contributed by atoms with Crippen LogP contribution in [-0.2, 0) is 16.1 Å². The Morgan fingerprint density at radius 3 is 2.84 bits per heavy atom. The van der Waals surface area contributed by atoms with Gasteiger partial charge in [-0.1, -0.05) is 30.3 Å². The van der Waals surface area contributed by atoms with Crippen molar-refractivity contribution in [1.29, 1.82) is 0 Å². The van der Waals surface area contributed by atoms with E-state index < -0.39 is 5.54 Å². The van der Waals surface area contributed by atoms with Crippen LogP contribution in [0.4, 0.5) is 0 Å². The number of nitrogens with two attached hydrogens (primary N) is 1. The number of rotatable bonds is 4. The molecular weight excluding hydrogens is 240 g/mol. The van der Waals surface area contributed by atoms with Gasteiger partial charge in [0.25, 0.3) is 0 Å². The van der Waals surface area contributed by atoms with Crippen molar-refractivity contribution in [2.75, 3.05) is 19.7 Å². The van der Waals surface area contributed by atoms with E-state index in [1.54, 1.807) is 0 Å². The fraction of sp³-hybridized carbons (Fsp3) is 0.533. The Kier molecular flexibility index (Phi) is 4.56. The second-order valence-electron chi connectivity index (χ2n) is 5.18. The molecular formula is C15H22N2O2. The number of hydrogen-bond donors (Lipinski definition) is 1. The zero-order chi connectivity index (χ0) is 13.7. The van der Waals surface area contributed by atoms with Gasteiger partial charge in [-0.3, -0.25) is 9.69 Å². The minimum Gasteiger partial charge on any atom is -0.465 e. The Balaban J connectivity index is 1.99. The molecule has 0 bridgehead atoms. The van der Waals surface area contributed by atoms with Crippen LogP contribution in [0.2, 0.25) is 0 Å². The molecule has 104 valence electrons. The highest BCUT2D eigenvalue weighted by atomic mass is 16.5. The molecule has 0 amide bonds. The second-order valence-corrected chi connectivity index (χ2v) is 5.18. The Bertz CT molecular complexity index is 421. The standard InChI is InChI=1S/C15H22N2O2/c1-2-19-14(18)15(16)9-6-10-17(12-15)11-13-7-4-3-5-8-13/h3-5,7-8H,2,6,9-12,16H2,1H3. The van der Waals surface area contributed by atoms with Crippen LogP contribution in [0.3, 0.4) is 0 Å². The fourth-order valence-corrected chi connectivity index (χ4v) is 2.59. The maximum absolute atomic E-state index is 11.9. The summed E-state index contributed by atoms with van der Waals surface area (Å²) in [5.41, 5.74) is 6.62. The molecule has 1 fully saturated rings. The predicted molar refractivity (Wildman–Crippen MR) is 74.5 cm³/mol. The molecule has 1 aromatic rings. The van der Waals surface area contributed by atoms with Gasteiger partial charge in [-0.05, 0) is 31.9 Å². The number of piperidine rings is 1. The number of esters is 1. The number of hydrogen-bond acceptors (Lipinski definition) is 4. The lowest BCUT2D eigenvalue weighted by Crippen LogP contribution is -2.59. The molecule has 1 heterocycles. The fourth-order valence-electron chi connectivity index (χ4n) is 2.59. The van der Waals surface area contributed by atoms with E-state index in [4.69, 9.17) is 10.5 Å². The van der Waals surface area contributed by atoms with Gasteiger partial charge in [-0.2, -0.15) is 0 Å². The summed E-state index contributed by atoms with van der Waals surface area (Å²) in [5, 5.41) is 0. The number of ether oxygens (including phenoxy) is 1. The third-order valence-electron chi connectivity index (χ3n) is 3.53. The molecule has 4 heteroatoms. The SMILES string of the molecule is CCOC(=O)C1(N)CCCN(Cc2ccccc2)C1. The smallest absolute Gasteiger partial charge is 0.327 e. The van der Waals surface area contributed by atoms with E-state index in [9.17, 15) is 4.79 Å². The Labute approximate surface area is 114 Å². The minimum absolute atomic E-state index is 0.271. The molecule has 1 atom stereocenters. The highest BCUT2D eigenvalue weighted by Crippen LogP contribution is 2.21. The zero-order valence-electron chi connectivity index (χ0n) is 11.5. The molecule has 4 nitrogen and oxygen atoms in total. The zero-order valence-corrected chi connectivity index (χ0v) is 11.5. The van der Waals surface area contributed by atoms with E-state index in [0.717, 1.165) is 19.5 Å². The molecule has 0 spiro atoms. The van der Waals surface area contributed by atoms with Crippen molar-refractivity contribution in [1.82, 2.24) is 4.90 Å². The largest absolute Gasteiger partial charge is 0.465 e. The van der Waals surface area contributed by atoms with Crippen molar-refractivity contribution in [2.45, 2.75) is 31.8 Å². The lowest BCUT2D eigenvalue weighted by Gasteiger charge is -2.38. The molecule has 0 aliphatic carbocycles. The van der Waals surface area contributed by atoms with E-state index in [1.165, 1.54) is 5.56 Å². The third kappa shape index (κ3) is 3.55. The van der Waals surface area contributed by atoms with Gasteiger partial charge >= 0.3 is 5.97 Å². The Morgan fingerprint density at radius 1 is 1.42 bits per heavy atom. The predicted octanol–water partition coefficient (Wildman–Crippen LogP) is 1.54. The summed E-state index contributed by atoms with van der Waals surface area (Å²) in [7, 11) is 0. The van der Waals surface area contributed by atoms with E-state index in [0.29, 0.717) is 19.6 Å². The van der Waals surface area contributed by atoms with Gasteiger partial charge in [-0.25, -0.2) is 0 Å². The molecule has 2 rings (SSSR count). The average Bonchev–Trinajstić information content (AvgIpc) is 2.40. The lowest BCUT2D eigenvalue weighted by atomic mass is 9.90. The van der Waals surface area contributed by atoms with Gasteiger partial charge in [0.1, 0.15) is 5.54 Å². The van der Waals surface area contributed by atoms with E-state index in [-0.39, 0.29) is 5.97 Å².